The fourth-order valence-corrected chi connectivity index (χ4v) is 7.02. The van der Waals surface area contributed by atoms with E-state index >= 15 is 0 Å². The summed E-state index contributed by atoms with van der Waals surface area (Å²) in [6.45, 7) is 16.7. The van der Waals surface area contributed by atoms with Crippen LogP contribution < -0.4 is 13.1 Å². The average molecular weight is 773 g/mol. The molecule has 4 aromatic carbocycles. The van der Waals surface area contributed by atoms with E-state index in [2.05, 4.69) is 20.4 Å². The molecule has 1 atom stereocenters. The highest BCUT2D eigenvalue weighted by Gasteiger charge is 2.45. The molecule has 0 aromatic heterocycles. The second kappa shape index (κ2) is 15.2. The van der Waals surface area contributed by atoms with Crippen LogP contribution in [0.5, 0.6) is 17.2 Å². The number of benzene rings is 4. The van der Waals surface area contributed by atoms with Crippen molar-refractivity contribution in [2.45, 2.75) is 70.3 Å². The molecule has 0 spiro atoms. The number of allylic oxidation sites excluding steroid dienone is 3. The first-order valence-corrected chi connectivity index (χ1v) is 20.0. The second-order valence-corrected chi connectivity index (χ2v) is 17.7. The second-order valence-electron chi connectivity index (χ2n) is 14.4. The van der Waals surface area contributed by atoms with Crippen LogP contribution in [0.4, 0.5) is 0 Å². The van der Waals surface area contributed by atoms with E-state index in [-0.39, 0.29) is 22.9 Å². The Labute approximate surface area is 318 Å². The maximum absolute atomic E-state index is 13.0. The van der Waals surface area contributed by atoms with Crippen LogP contribution in [-0.4, -0.2) is 33.7 Å². The lowest BCUT2D eigenvalue weighted by molar-refractivity contribution is 0.0275. The third kappa shape index (κ3) is 9.06. The molecule has 0 bridgehead atoms. The van der Waals surface area contributed by atoms with Gasteiger partial charge in [0.05, 0.1) is 10.8 Å². The molecule has 0 amide bonds. The fraction of sp³-hybridized carbons (Fsp3) is 0.262. The van der Waals surface area contributed by atoms with E-state index in [1.165, 1.54) is 44.2 Å². The van der Waals surface area contributed by atoms with Crippen molar-refractivity contribution in [2.75, 3.05) is 0 Å². The summed E-state index contributed by atoms with van der Waals surface area (Å²) in [7, 11) is -8.44. The zero-order valence-electron chi connectivity index (χ0n) is 31.2. The van der Waals surface area contributed by atoms with Crippen LogP contribution in [0, 0.1) is 0 Å². The highest BCUT2D eigenvalue weighted by atomic mass is 32.3. The van der Waals surface area contributed by atoms with E-state index in [0.29, 0.717) is 16.7 Å². The van der Waals surface area contributed by atoms with Gasteiger partial charge in [0.2, 0.25) is 0 Å². The van der Waals surface area contributed by atoms with E-state index in [4.69, 9.17) is 22.0 Å². The monoisotopic (exact) mass is 772 g/mol. The van der Waals surface area contributed by atoms with Crippen LogP contribution in [0.3, 0.4) is 0 Å². The van der Waals surface area contributed by atoms with Crippen molar-refractivity contribution in [3.8, 4) is 17.2 Å². The van der Waals surface area contributed by atoms with E-state index in [1.54, 1.807) is 66.7 Å². The molecular formula is C42H44O10S2. The Bertz CT molecular complexity index is 2280. The van der Waals surface area contributed by atoms with Crippen molar-refractivity contribution in [2.24, 2.45) is 0 Å². The molecule has 0 radical (unpaired) electrons. The Morgan fingerprint density at radius 1 is 0.759 bits per heavy atom. The molecule has 1 unspecified atom stereocenters. The predicted octanol–water partition coefficient (Wildman–Crippen LogP) is 8.69. The Balaban J connectivity index is 1.33. The molecule has 0 aliphatic carbocycles. The first-order valence-electron chi connectivity index (χ1n) is 17.2. The Hall–Kier alpha value is -5.33. The van der Waals surface area contributed by atoms with Gasteiger partial charge in [0, 0.05) is 16.5 Å². The lowest BCUT2D eigenvalue weighted by atomic mass is 9.78. The molecular weight excluding hydrogens is 729 g/mol. The van der Waals surface area contributed by atoms with Crippen LogP contribution in [0.15, 0.2) is 134 Å². The molecule has 0 saturated carbocycles. The standard InChI is InChI=1S/C42H44O10S2/c1-9-33(50-53(44,45)29(2)3)13-12-28-42(38-15-11-10-14-37(38)39(43)49-42)32-20-26-36(27-21-32)52-54(46,47)51-35-24-18-31(19-25-35)41(7,8)30-16-22-34(23-17-30)48-40(4,5)6/h9-29H,1H2,2-8H3/b28-12+,33-13+. The van der Waals surface area contributed by atoms with Gasteiger partial charge in [0.15, 0.2) is 5.60 Å². The molecule has 4 aromatic rings. The van der Waals surface area contributed by atoms with Gasteiger partial charge in [-0.15, -0.1) is 8.42 Å². The van der Waals surface area contributed by atoms with E-state index < -0.39 is 42.8 Å². The van der Waals surface area contributed by atoms with Crippen molar-refractivity contribution >= 4 is 26.5 Å². The number of fused-ring (bicyclic) bond motifs is 1. The molecule has 1 aliphatic heterocycles. The quantitative estimate of drug-likeness (QED) is 0.0531. The molecule has 12 heteroatoms. The molecule has 54 heavy (non-hydrogen) atoms. The summed E-state index contributed by atoms with van der Waals surface area (Å²) in [5.74, 6) is 0.186. The third-order valence-corrected chi connectivity index (χ3v) is 11.0. The van der Waals surface area contributed by atoms with Crippen LogP contribution in [0.1, 0.15) is 81.1 Å². The third-order valence-electron chi connectivity index (χ3n) is 8.64. The van der Waals surface area contributed by atoms with Crippen LogP contribution in [0.2, 0.25) is 0 Å². The number of ether oxygens (including phenoxy) is 2. The fourth-order valence-electron chi connectivity index (χ4n) is 5.71. The number of carbonyl (C=O) groups is 1. The van der Waals surface area contributed by atoms with Crippen molar-refractivity contribution in [3.63, 3.8) is 0 Å². The van der Waals surface area contributed by atoms with Gasteiger partial charge in [0.25, 0.3) is 0 Å². The van der Waals surface area contributed by atoms with Gasteiger partial charge in [0.1, 0.15) is 28.6 Å². The number of hydrogen-bond donors (Lipinski definition) is 0. The largest absolute Gasteiger partial charge is 0.500 e. The lowest BCUT2D eigenvalue weighted by Gasteiger charge is -2.27. The minimum atomic E-state index is -4.55. The molecule has 0 fully saturated rings. The van der Waals surface area contributed by atoms with Crippen molar-refractivity contribution in [1.82, 2.24) is 0 Å². The van der Waals surface area contributed by atoms with E-state index in [0.717, 1.165) is 16.9 Å². The lowest BCUT2D eigenvalue weighted by Crippen LogP contribution is -2.25. The van der Waals surface area contributed by atoms with Crippen LogP contribution in [0.25, 0.3) is 0 Å². The molecule has 284 valence electrons. The molecule has 5 rings (SSSR count). The van der Waals surface area contributed by atoms with E-state index in [1.807, 2.05) is 45.0 Å². The number of esters is 1. The van der Waals surface area contributed by atoms with Gasteiger partial charge in [-0.3, -0.25) is 0 Å². The molecule has 10 nitrogen and oxygen atoms in total. The maximum Gasteiger partial charge on any atom is 0.500 e. The number of hydrogen-bond acceptors (Lipinski definition) is 10. The summed E-state index contributed by atoms with van der Waals surface area (Å²) < 4.78 is 78.2. The van der Waals surface area contributed by atoms with Crippen molar-refractivity contribution < 1.29 is 43.7 Å². The molecule has 0 saturated heterocycles. The van der Waals surface area contributed by atoms with Gasteiger partial charge < -0.3 is 22.0 Å². The summed E-state index contributed by atoms with van der Waals surface area (Å²) in [5.41, 5.74) is 1.16. The number of rotatable bonds is 14. The van der Waals surface area contributed by atoms with Crippen molar-refractivity contribution in [3.05, 3.63) is 162 Å². The van der Waals surface area contributed by atoms with Crippen LogP contribution >= 0.6 is 0 Å². The Kier molecular flexibility index (Phi) is 11.2. The SMILES string of the molecule is C=C/C(=C\C=C\C1(c2ccc(OS(=O)(=O)Oc3ccc(C(C)(C)c4ccc(OC(C)(C)C)cc4)cc3)cc2)OC(=O)c2ccccc21)OS(=O)(=O)C(C)C. The van der Waals surface area contributed by atoms with Gasteiger partial charge in [-0.1, -0.05) is 81.1 Å². The maximum atomic E-state index is 13.0. The van der Waals surface area contributed by atoms with Gasteiger partial charge >= 0.3 is 26.5 Å². The number of carbonyl (C=O) groups excluding carboxylic acids is 1. The topological polar surface area (TPSA) is 132 Å². The highest BCUT2D eigenvalue weighted by Crippen LogP contribution is 2.44. The Morgan fingerprint density at radius 2 is 1.28 bits per heavy atom. The van der Waals surface area contributed by atoms with Crippen LogP contribution in [-0.2, 0) is 40.5 Å². The summed E-state index contributed by atoms with van der Waals surface area (Å²) in [6, 6.07) is 27.4. The summed E-state index contributed by atoms with van der Waals surface area (Å²) in [5, 5.41) is -0.782. The normalized spacial score (nSPS) is 16.5. The zero-order chi connectivity index (χ0) is 39.5. The first-order chi connectivity index (χ1) is 25.2. The minimum Gasteiger partial charge on any atom is -0.488 e. The molecule has 1 heterocycles. The van der Waals surface area contributed by atoms with Crippen molar-refractivity contribution in [1.29, 1.82) is 0 Å². The molecule has 0 N–H and O–H groups in total. The summed E-state index contributed by atoms with van der Waals surface area (Å²) in [6.07, 6.45) is 5.71. The average Bonchev–Trinajstić information content (AvgIpc) is 3.39. The minimum absolute atomic E-state index is 0.0306. The number of cyclic esters (lactones) is 1. The van der Waals surface area contributed by atoms with Gasteiger partial charge in [-0.25, -0.2) is 4.79 Å². The Morgan fingerprint density at radius 3 is 1.80 bits per heavy atom. The van der Waals surface area contributed by atoms with Gasteiger partial charge in [-0.05, 0) is 106 Å². The molecule has 1 aliphatic rings. The smallest absolute Gasteiger partial charge is 0.488 e. The van der Waals surface area contributed by atoms with E-state index in [9.17, 15) is 21.6 Å². The van der Waals surface area contributed by atoms with Gasteiger partial charge in [-0.2, -0.15) is 8.42 Å². The summed E-state index contributed by atoms with van der Waals surface area (Å²) >= 11 is 0. The highest BCUT2D eigenvalue weighted by molar-refractivity contribution is 7.87. The predicted molar refractivity (Wildman–Crippen MR) is 207 cm³/mol. The zero-order valence-corrected chi connectivity index (χ0v) is 32.9. The summed E-state index contributed by atoms with van der Waals surface area (Å²) in [4.78, 5) is 13.0. The first kappa shape index (κ1) is 39.9.